The van der Waals surface area contributed by atoms with Crippen LogP contribution >= 0.6 is 0 Å². The maximum Gasteiger partial charge on any atom is 0.106 e. The van der Waals surface area contributed by atoms with Gasteiger partial charge in [0, 0.05) is 0 Å². The molecule has 4 aliphatic rings. The zero-order valence-electron chi connectivity index (χ0n) is 14.3. The molecule has 4 rings (SSSR count). The largest absolute Gasteiger partial charge is 0.394 e. The molecule has 5 unspecified atom stereocenters. The predicted octanol–water partition coefficient (Wildman–Crippen LogP) is 0.665. The maximum atomic E-state index is 11.0. The Hall–Kier alpha value is -0.200. The van der Waals surface area contributed by atoms with Crippen LogP contribution in [0.25, 0.3) is 0 Å². The number of rotatable bonds is 2. The lowest BCUT2D eigenvalue weighted by Gasteiger charge is -2.55. The van der Waals surface area contributed by atoms with E-state index in [9.17, 15) is 25.5 Å². The average molecular weight is 340 g/mol. The second-order valence-electron chi connectivity index (χ2n) is 9.01. The first-order valence-corrected chi connectivity index (χ1v) is 9.83. The van der Waals surface area contributed by atoms with Gasteiger partial charge in [-0.15, -0.1) is 0 Å². The van der Waals surface area contributed by atoms with Crippen LogP contribution in [0, 0.1) is 35.5 Å². The fourth-order valence-corrected chi connectivity index (χ4v) is 7.12. The summed E-state index contributed by atoms with van der Waals surface area (Å²) in [5.41, 5.74) is -1.25. The van der Waals surface area contributed by atoms with E-state index in [-0.39, 0.29) is 17.9 Å². The standard InChI is InChI=1S/C19H32O5/c20-9-17(23)19(24)6-5-13-14-3-1-10-7-11(21)2-4-12(10)18(14)16(22)8-15(13)19/h10-18,20-24H,1-9H2/t10-,11-,12?,13?,14?,15?,16+,17-,18?,19-/m1/s1. The van der Waals surface area contributed by atoms with Gasteiger partial charge in [-0.3, -0.25) is 0 Å². The monoisotopic (exact) mass is 340 g/mol. The van der Waals surface area contributed by atoms with Gasteiger partial charge < -0.3 is 25.5 Å². The minimum Gasteiger partial charge on any atom is -0.394 e. The molecule has 0 radical (unpaired) electrons. The summed E-state index contributed by atoms with van der Waals surface area (Å²) in [5, 5.41) is 51.3. The molecule has 10 atom stereocenters. The van der Waals surface area contributed by atoms with Crippen molar-refractivity contribution < 1.29 is 25.5 Å². The number of aliphatic hydroxyl groups excluding tert-OH is 4. The van der Waals surface area contributed by atoms with Crippen molar-refractivity contribution in [1.82, 2.24) is 0 Å². The van der Waals surface area contributed by atoms with Gasteiger partial charge in [0.25, 0.3) is 0 Å². The van der Waals surface area contributed by atoms with Crippen molar-refractivity contribution in [2.24, 2.45) is 35.5 Å². The fourth-order valence-electron chi connectivity index (χ4n) is 7.12. The Kier molecular flexibility index (Phi) is 4.45. The summed E-state index contributed by atoms with van der Waals surface area (Å²) >= 11 is 0. The van der Waals surface area contributed by atoms with Crippen molar-refractivity contribution in [3.8, 4) is 0 Å². The van der Waals surface area contributed by atoms with E-state index in [0.717, 1.165) is 38.5 Å². The second-order valence-corrected chi connectivity index (χ2v) is 9.01. The predicted molar refractivity (Wildman–Crippen MR) is 87.9 cm³/mol. The van der Waals surface area contributed by atoms with E-state index >= 15 is 0 Å². The van der Waals surface area contributed by atoms with Crippen molar-refractivity contribution in [2.75, 3.05) is 6.61 Å². The lowest BCUT2D eigenvalue weighted by molar-refractivity contribution is -0.167. The molecular formula is C19H32O5. The van der Waals surface area contributed by atoms with Crippen LogP contribution in [0.15, 0.2) is 0 Å². The van der Waals surface area contributed by atoms with Crippen molar-refractivity contribution in [1.29, 1.82) is 0 Å². The highest BCUT2D eigenvalue weighted by atomic mass is 16.4. The zero-order valence-corrected chi connectivity index (χ0v) is 14.3. The van der Waals surface area contributed by atoms with Crippen LogP contribution in [0.2, 0.25) is 0 Å². The summed E-state index contributed by atoms with van der Waals surface area (Å²) in [6, 6.07) is 0. The van der Waals surface area contributed by atoms with Gasteiger partial charge in [-0.05, 0) is 86.9 Å². The number of aliphatic hydroxyl groups is 5. The molecule has 4 saturated carbocycles. The summed E-state index contributed by atoms with van der Waals surface area (Å²) in [6.45, 7) is -0.424. The van der Waals surface area contributed by atoms with Crippen LogP contribution in [0.4, 0.5) is 0 Å². The average Bonchev–Trinajstić information content (AvgIpc) is 2.91. The number of fused-ring (bicyclic) bond motifs is 5. The van der Waals surface area contributed by atoms with Crippen molar-refractivity contribution in [3.05, 3.63) is 0 Å². The molecule has 0 amide bonds. The van der Waals surface area contributed by atoms with E-state index in [1.807, 2.05) is 0 Å². The number of hydrogen-bond acceptors (Lipinski definition) is 5. The van der Waals surface area contributed by atoms with E-state index in [1.54, 1.807) is 0 Å². The van der Waals surface area contributed by atoms with E-state index in [1.165, 1.54) is 0 Å². The first-order chi connectivity index (χ1) is 11.5. The van der Waals surface area contributed by atoms with Crippen LogP contribution in [0.3, 0.4) is 0 Å². The Balaban J connectivity index is 1.57. The molecule has 0 heterocycles. The molecule has 0 aromatic rings. The van der Waals surface area contributed by atoms with E-state index in [0.29, 0.717) is 36.5 Å². The Labute approximate surface area is 143 Å². The summed E-state index contributed by atoms with van der Waals surface area (Å²) in [6.07, 6.45) is 5.11. The molecule has 5 N–H and O–H groups in total. The third kappa shape index (κ3) is 2.47. The van der Waals surface area contributed by atoms with Gasteiger partial charge in [-0.25, -0.2) is 0 Å². The van der Waals surface area contributed by atoms with Crippen molar-refractivity contribution in [2.45, 2.75) is 75.3 Å². The first kappa shape index (κ1) is 17.2. The van der Waals surface area contributed by atoms with E-state index in [4.69, 9.17) is 0 Å². The summed E-state index contributed by atoms with van der Waals surface area (Å²) in [4.78, 5) is 0. The lowest BCUT2D eigenvalue weighted by Crippen LogP contribution is -2.56. The third-order valence-electron chi connectivity index (χ3n) is 8.15. The molecule has 0 bridgehead atoms. The quantitative estimate of drug-likeness (QED) is 0.508. The molecule has 24 heavy (non-hydrogen) atoms. The lowest BCUT2D eigenvalue weighted by atomic mass is 9.52. The number of hydrogen-bond donors (Lipinski definition) is 5. The van der Waals surface area contributed by atoms with Gasteiger partial charge in [-0.1, -0.05) is 0 Å². The van der Waals surface area contributed by atoms with Crippen LogP contribution in [-0.2, 0) is 0 Å². The van der Waals surface area contributed by atoms with Gasteiger partial charge in [0.2, 0.25) is 0 Å². The van der Waals surface area contributed by atoms with Gasteiger partial charge in [0.05, 0.1) is 24.4 Å². The van der Waals surface area contributed by atoms with Gasteiger partial charge in [-0.2, -0.15) is 0 Å². The molecule has 4 aliphatic carbocycles. The van der Waals surface area contributed by atoms with Gasteiger partial charge in [0.1, 0.15) is 6.10 Å². The molecule has 5 heteroatoms. The normalized spacial score (nSPS) is 55.4. The zero-order chi connectivity index (χ0) is 17.1. The molecule has 0 saturated heterocycles. The topological polar surface area (TPSA) is 101 Å². The van der Waals surface area contributed by atoms with E-state index in [2.05, 4.69) is 0 Å². The molecule has 0 aromatic heterocycles. The fraction of sp³-hybridized carbons (Fsp3) is 1.00. The Morgan fingerprint density at radius 3 is 2.42 bits per heavy atom. The van der Waals surface area contributed by atoms with Gasteiger partial charge >= 0.3 is 0 Å². The Bertz CT molecular complexity index is 471. The Morgan fingerprint density at radius 1 is 0.917 bits per heavy atom. The van der Waals surface area contributed by atoms with Crippen molar-refractivity contribution >= 4 is 0 Å². The SMILES string of the molecule is OC[C@@H](O)[C@@]1(O)CCC2C3CC[C@@H]4C[C@H](O)CCC4C3[C@@H](O)CC21. The van der Waals surface area contributed by atoms with Crippen LogP contribution < -0.4 is 0 Å². The maximum absolute atomic E-state index is 11.0. The smallest absolute Gasteiger partial charge is 0.106 e. The molecule has 0 aromatic carbocycles. The highest BCUT2D eigenvalue weighted by molar-refractivity contribution is 5.10. The molecule has 0 aliphatic heterocycles. The first-order valence-electron chi connectivity index (χ1n) is 9.83. The van der Waals surface area contributed by atoms with Crippen molar-refractivity contribution in [3.63, 3.8) is 0 Å². The minimum absolute atomic E-state index is 0.110. The summed E-state index contributed by atoms with van der Waals surface area (Å²) in [5.74, 6) is 1.96. The minimum atomic E-state index is -1.25. The Morgan fingerprint density at radius 2 is 1.67 bits per heavy atom. The molecule has 0 spiro atoms. The molecule has 5 nitrogen and oxygen atoms in total. The third-order valence-corrected chi connectivity index (χ3v) is 8.15. The highest BCUT2D eigenvalue weighted by Crippen LogP contribution is 2.60. The second kappa shape index (κ2) is 6.20. The molecule has 4 fully saturated rings. The highest BCUT2D eigenvalue weighted by Gasteiger charge is 2.60. The molecule has 138 valence electrons. The van der Waals surface area contributed by atoms with Gasteiger partial charge in [0.15, 0.2) is 0 Å². The summed E-state index contributed by atoms with van der Waals surface area (Å²) < 4.78 is 0. The van der Waals surface area contributed by atoms with Crippen LogP contribution in [0.5, 0.6) is 0 Å². The van der Waals surface area contributed by atoms with Crippen LogP contribution in [0.1, 0.15) is 51.4 Å². The molecular weight excluding hydrogens is 308 g/mol. The van der Waals surface area contributed by atoms with E-state index < -0.39 is 24.4 Å². The van der Waals surface area contributed by atoms with Crippen LogP contribution in [-0.4, -0.2) is 56.1 Å². The summed E-state index contributed by atoms with van der Waals surface area (Å²) in [7, 11) is 0.